The van der Waals surface area contributed by atoms with Crippen LogP contribution >= 0.6 is 0 Å². The lowest BCUT2D eigenvalue weighted by Crippen LogP contribution is -2.55. The Morgan fingerprint density at radius 3 is 2.53 bits per heavy atom. The van der Waals surface area contributed by atoms with Crippen LogP contribution in [-0.4, -0.2) is 31.5 Å². The molecule has 0 aromatic heterocycles. The Morgan fingerprint density at radius 2 is 2.00 bits per heavy atom. The highest BCUT2D eigenvalue weighted by molar-refractivity contribution is 4.96. The predicted molar refractivity (Wildman–Crippen MR) is 76.6 cm³/mol. The largest absolute Gasteiger partial charge is 0.380 e. The Labute approximate surface area is 117 Å². The van der Waals surface area contributed by atoms with Crippen LogP contribution in [0.3, 0.4) is 0 Å². The standard InChI is InChI=1S/C15H30N2O2/c1-11(2)14(18-3)13(17-16)12-6-9-19-15(10-12)7-4-5-8-15/h11-14,17H,4-10,16H2,1-3H3. The Balaban J connectivity index is 2.05. The third kappa shape index (κ3) is 3.30. The van der Waals surface area contributed by atoms with Gasteiger partial charge in [0.2, 0.25) is 0 Å². The Morgan fingerprint density at radius 1 is 1.32 bits per heavy atom. The maximum absolute atomic E-state index is 6.12. The van der Waals surface area contributed by atoms with Crippen molar-refractivity contribution in [3.63, 3.8) is 0 Å². The molecule has 2 aliphatic rings. The molecular formula is C15H30N2O2. The highest BCUT2D eigenvalue weighted by Gasteiger charge is 2.43. The molecule has 112 valence electrons. The summed E-state index contributed by atoms with van der Waals surface area (Å²) >= 11 is 0. The Kier molecular flexibility index (Phi) is 5.23. The smallest absolute Gasteiger partial charge is 0.0763 e. The second-order valence-corrected chi connectivity index (χ2v) is 6.63. The summed E-state index contributed by atoms with van der Waals surface area (Å²) in [7, 11) is 1.79. The maximum atomic E-state index is 6.12. The molecule has 19 heavy (non-hydrogen) atoms. The van der Waals surface area contributed by atoms with Crippen molar-refractivity contribution in [2.75, 3.05) is 13.7 Å². The number of hydrogen-bond acceptors (Lipinski definition) is 4. The lowest BCUT2D eigenvalue weighted by atomic mass is 9.77. The van der Waals surface area contributed by atoms with E-state index in [0.29, 0.717) is 11.8 Å². The third-order valence-corrected chi connectivity index (χ3v) is 5.03. The van der Waals surface area contributed by atoms with Gasteiger partial charge in [-0.3, -0.25) is 11.3 Å². The van der Waals surface area contributed by atoms with Gasteiger partial charge in [0.15, 0.2) is 0 Å². The van der Waals surface area contributed by atoms with E-state index in [4.69, 9.17) is 15.3 Å². The van der Waals surface area contributed by atoms with Gasteiger partial charge in [-0.15, -0.1) is 0 Å². The molecule has 3 unspecified atom stereocenters. The van der Waals surface area contributed by atoms with E-state index in [-0.39, 0.29) is 17.7 Å². The van der Waals surface area contributed by atoms with Crippen molar-refractivity contribution in [1.82, 2.24) is 5.43 Å². The van der Waals surface area contributed by atoms with Gasteiger partial charge in [-0.2, -0.15) is 0 Å². The van der Waals surface area contributed by atoms with Crippen LogP contribution in [0, 0.1) is 11.8 Å². The Bertz CT molecular complexity index is 277. The van der Waals surface area contributed by atoms with Gasteiger partial charge < -0.3 is 9.47 Å². The minimum Gasteiger partial charge on any atom is -0.380 e. The third-order valence-electron chi connectivity index (χ3n) is 5.03. The number of hydrogen-bond donors (Lipinski definition) is 2. The fourth-order valence-electron chi connectivity index (χ4n) is 4.07. The number of hydrazine groups is 1. The van der Waals surface area contributed by atoms with E-state index in [9.17, 15) is 0 Å². The first-order valence-electron chi connectivity index (χ1n) is 7.75. The number of methoxy groups -OCH3 is 1. The molecule has 4 heteroatoms. The zero-order chi connectivity index (χ0) is 13.9. The normalized spacial score (nSPS) is 29.8. The number of nitrogens with two attached hydrogens (primary N) is 1. The van der Waals surface area contributed by atoms with Gasteiger partial charge in [0, 0.05) is 13.7 Å². The molecule has 0 amide bonds. The van der Waals surface area contributed by atoms with Gasteiger partial charge in [-0.25, -0.2) is 0 Å². The summed E-state index contributed by atoms with van der Waals surface area (Å²) < 4.78 is 11.8. The topological polar surface area (TPSA) is 56.5 Å². The lowest BCUT2D eigenvalue weighted by Gasteiger charge is -2.43. The molecule has 4 nitrogen and oxygen atoms in total. The van der Waals surface area contributed by atoms with Crippen molar-refractivity contribution < 1.29 is 9.47 Å². The maximum Gasteiger partial charge on any atom is 0.0763 e. The van der Waals surface area contributed by atoms with Crippen LogP contribution in [-0.2, 0) is 9.47 Å². The highest BCUT2D eigenvalue weighted by Crippen LogP contribution is 2.43. The number of rotatable bonds is 5. The molecule has 2 fully saturated rings. The first-order chi connectivity index (χ1) is 9.12. The molecule has 0 aromatic rings. The minimum atomic E-state index is 0.146. The molecule has 1 aliphatic heterocycles. The summed E-state index contributed by atoms with van der Waals surface area (Å²) in [4.78, 5) is 0. The molecule has 0 bridgehead atoms. The van der Waals surface area contributed by atoms with Gasteiger partial charge in [-0.05, 0) is 37.5 Å². The van der Waals surface area contributed by atoms with Crippen LogP contribution in [0.5, 0.6) is 0 Å². The average Bonchev–Trinajstić information content (AvgIpc) is 2.83. The number of nitrogens with one attached hydrogen (secondary N) is 1. The van der Waals surface area contributed by atoms with Gasteiger partial charge in [0.1, 0.15) is 0 Å². The van der Waals surface area contributed by atoms with Crippen LogP contribution in [0.2, 0.25) is 0 Å². The summed E-state index contributed by atoms with van der Waals surface area (Å²) in [6.07, 6.45) is 7.46. The summed E-state index contributed by atoms with van der Waals surface area (Å²) in [6.45, 7) is 5.27. The molecule has 1 saturated heterocycles. The van der Waals surface area contributed by atoms with Crippen molar-refractivity contribution >= 4 is 0 Å². The van der Waals surface area contributed by atoms with E-state index in [0.717, 1.165) is 19.4 Å². The summed E-state index contributed by atoms with van der Waals surface area (Å²) in [5.41, 5.74) is 3.18. The van der Waals surface area contributed by atoms with Gasteiger partial charge in [0.05, 0.1) is 17.7 Å². The quantitative estimate of drug-likeness (QED) is 0.594. The second kappa shape index (κ2) is 6.53. The predicted octanol–water partition coefficient (Wildman–Crippen LogP) is 2.23. The van der Waals surface area contributed by atoms with E-state index in [1.807, 2.05) is 0 Å². The molecule has 1 aliphatic carbocycles. The molecule has 0 aromatic carbocycles. The van der Waals surface area contributed by atoms with Gasteiger partial charge in [-0.1, -0.05) is 26.7 Å². The van der Waals surface area contributed by atoms with Gasteiger partial charge in [0.25, 0.3) is 0 Å². The lowest BCUT2D eigenvalue weighted by molar-refractivity contribution is -0.110. The van der Waals surface area contributed by atoms with Crippen LogP contribution in [0.15, 0.2) is 0 Å². The number of ether oxygens (including phenoxy) is 2. The van der Waals surface area contributed by atoms with Crippen molar-refractivity contribution in [1.29, 1.82) is 0 Å². The summed E-state index contributed by atoms with van der Waals surface area (Å²) in [5, 5.41) is 0. The molecule has 1 saturated carbocycles. The van der Waals surface area contributed by atoms with Crippen LogP contribution in [0.25, 0.3) is 0 Å². The van der Waals surface area contributed by atoms with E-state index in [1.54, 1.807) is 7.11 Å². The van der Waals surface area contributed by atoms with Crippen LogP contribution in [0.1, 0.15) is 52.4 Å². The Hall–Kier alpha value is -0.160. The highest BCUT2D eigenvalue weighted by atomic mass is 16.5. The molecule has 3 atom stereocenters. The van der Waals surface area contributed by atoms with E-state index in [1.165, 1.54) is 25.7 Å². The second-order valence-electron chi connectivity index (χ2n) is 6.63. The fourth-order valence-corrected chi connectivity index (χ4v) is 4.07. The molecule has 2 rings (SSSR count). The van der Waals surface area contributed by atoms with Crippen molar-refractivity contribution in [3.8, 4) is 0 Å². The first-order valence-corrected chi connectivity index (χ1v) is 7.75. The van der Waals surface area contributed by atoms with Crippen LogP contribution < -0.4 is 11.3 Å². The zero-order valence-electron chi connectivity index (χ0n) is 12.7. The SMILES string of the molecule is COC(C(C)C)C(NN)C1CCOC2(CCCC2)C1. The molecular weight excluding hydrogens is 240 g/mol. The zero-order valence-corrected chi connectivity index (χ0v) is 12.7. The van der Waals surface area contributed by atoms with Crippen molar-refractivity contribution in [2.24, 2.45) is 17.7 Å². The molecule has 0 radical (unpaired) electrons. The average molecular weight is 270 g/mol. The van der Waals surface area contributed by atoms with Crippen molar-refractivity contribution in [3.05, 3.63) is 0 Å². The monoisotopic (exact) mass is 270 g/mol. The van der Waals surface area contributed by atoms with Gasteiger partial charge >= 0.3 is 0 Å². The minimum absolute atomic E-state index is 0.146. The molecule has 1 heterocycles. The molecule has 1 spiro atoms. The van der Waals surface area contributed by atoms with Crippen LogP contribution in [0.4, 0.5) is 0 Å². The molecule has 3 N–H and O–H groups in total. The van der Waals surface area contributed by atoms with Crippen molar-refractivity contribution in [2.45, 2.75) is 70.1 Å². The fraction of sp³-hybridized carbons (Fsp3) is 1.00. The summed E-state index contributed by atoms with van der Waals surface area (Å²) in [5.74, 6) is 6.86. The first kappa shape index (κ1) is 15.2. The van der Waals surface area contributed by atoms with E-state index >= 15 is 0 Å². The summed E-state index contributed by atoms with van der Waals surface area (Å²) in [6, 6.07) is 0.228. The van der Waals surface area contributed by atoms with E-state index in [2.05, 4.69) is 19.3 Å². The van der Waals surface area contributed by atoms with E-state index < -0.39 is 0 Å².